The first-order chi connectivity index (χ1) is 17.4. The Labute approximate surface area is 207 Å². The number of aromatic amines is 1. The number of rotatable bonds is 7. The van der Waals surface area contributed by atoms with E-state index in [1.165, 1.54) is 6.08 Å². The predicted octanol–water partition coefficient (Wildman–Crippen LogP) is 3.65. The fourth-order valence-corrected chi connectivity index (χ4v) is 4.39. The normalized spacial score (nSPS) is 15.1. The smallest absolute Gasteiger partial charge is 0.247 e. The van der Waals surface area contributed by atoms with Crippen LogP contribution in [0.1, 0.15) is 18.5 Å². The molecule has 36 heavy (non-hydrogen) atoms. The maximum atomic E-state index is 12.0. The summed E-state index contributed by atoms with van der Waals surface area (Å²) in [5.41, 5.74) is 9.58. The second-order valence-corrected chi connectivity index (χ2v) is 8.68. The topological polar surface area (TPSA) is 142 Å². The van der Waals surface area contributed by atoms with E-state index < -0.39 is 0 Å². The molecule has 1 aliphatic rings. The number of hydrogen-bond acceptors (Lipinski definition) is 7. The van der Waals surface area contributed by atoms with Gasteiger partial charge in [0.25, 0.3) is 0 Å². The molecule has 0 saturated carbocycles. The van der Waals surface area contributed by atoms with Crippen molar-refractivity contribution in [3.63, 3.8) is 0 Å². The maximum Gasteiger partial charge on any atom is 0.247 e. The van der Waals surface area contributed by atoms with E-state index in [0.29, 0.717) is 28.7 Å². The second-order valence-electron chi connectivity index (χ2n) is 8.68. The van der Waals surface area contributed by atoms with Crippen molar-refractivity contribution >= 4 is 45.7 Å². The van der Waals surface area contributed by atoms with Gasteiger partial charge in [-0.2, -0.15) is 5.10 Å². The van der Waals surface area contributed by atoms with Crippen LogP contribution in [0.4, 0.5) is 23.0 Å². The highest BCUT2D eigenvalue weighted by Crippen LogP contribution is 2.32. The molecule has 182 valence electrons. The van der Waals surface area contributed by atoms with Crippen LogP contribution < -0.4 is 21.3 Å². The summed E-state index contributed by atoms with van der Waals surface area (Å²) in [6, 6.07) is 14.7. The standard InChI is InChI=1S/C26H26N8O2/c1-3-23(35)28-17-8-6-16(7-9-17)25-29-20-14-18(34-12-4-5-21(34)24(27)36)10-11-19(20)26(31-25)30-22-13-15(2)32-33-22/h3,6-11,13-14,21H,1,4-5,12H2,2H3,(H2,27,36)(H,28,35)(H2,29,30,31,32,33)/t21-/m0/s1. The second kappa shape index (κ2) is 9.49. The number of H-pyrrole nitrogens is 1. The van der Waals surface area contributed by atoms with Crippen LogP contribution in [0.5, 0.6) is 0 Å². The number of anilines is 4. The minimum absolute atomic E-state index is 0.283. The number of nitrogens with one attached hydrogen (secondary N) is 3. The van der Waals surface area contributed by atoms with Gasteiger partial charge in [0, 0.05) is 40.6 Å². The lowest BCUT2D eigenvalue weighted by molar-refractivity contribution is -0.119. The van der Waals surface area contributed by atoms with Crippen molar-refractivity contribution in [3.8, 4) is 11.4 Å². The minimum Gasteiger partial charge on any atom is -0.368 e. The first-order valence-electron chi connectivity index (χ1n) is 11.6. The number of fused-ring (bicyclic) bond motifs is 1. The molecule has 0 radical (unpaired) electrons. The molecule has 1 saturated heterocycles. The van der Waals surface area contributed by atoms with Gasteiger partial charge in [0.15, 0.2) is 11.6 Å². The fraction of sp³-hybridized carbons (Fsp3) is 0.192. The van der Waals surface area contributed by atoms with E-state index in [0.717, 1.165) is 41.7 Å². The van der Waals surface area contributed by atoms with Crippen LogP contribution in [0.2, 0.25) is 0 Å². The van der Waals surface area contributed by atoms with Crippen molar-refractivity contribution in [2.24, 2.45) is 5.73 Å². The van der Waals surface area contributed by atoms with Crippen LogP contribution in [-0.4, -0.2) is 44.6 Å². The quantitative estimate of drug-likeness (QED) is 0.295. The van der Waals surface area contributed by atoms with Crippen molar-refractivity contribution in [3.05, 3.63) is 66.9 Å². The number of amides is 2. The van der Waals surface area contributed by atoms with Gasteiger partial charge in [0.1, 0.15) is 11.9 Å². The first-order valence-corrected chi connectivity index (χ1v) is 11.6. The summed E-state index contributed by atoms with van der Waals surface area (Å²) in [6.45, 7) is 6.15. The highest BCUT2D eigenvalue weighted by Gasteiger charge is 2.29. The van der Waals surface area contributed by atoms with Gasteiger partial charge in [-0.25, -0.2) is 9.97 Å². The molecule has 1 aliphatic heterocycles. The van der Waals surface area contributed by atoms with Crippen LogP contribution in [0.25, 0.3) is 22.3 Å². The lowest BCUT2D eigenvalue weighted by Crippen LogP contribution is -2.40. The summed E-state index contributed by atoms with van der Waals surface area (Å²) < 4.78 is 0. The highest BCUT2D eigenvalue weighted by atomic mass is 16.2. The molecule has 10 nitrogen and oxygen atoms in total. The van der Waals surface area contributed by atoms with Crippen molar-refractivity contribution < 1.29 is 9.59 Å². The predicted molar refractivity (Wildman–Crippen MR) is 140 cm³/mol. The number of primary amides is 1. The lowest BCUT2D eigenvalue weighted by Gasteiger charge is -2.24. The Morgan fingerprint density at radius 1 is 1.17 bits per heavy atom. The van der Waals surface area contributed by atoms with Gasteiger partial charge in [0.05, 0.1) is 5.52 Å². The molecule has 0 unspecified atom stereocenters. The largest absolute Gasteiger partial charge is 0.368 e. The van der Waals surface area contributed by atoms with Crippen LogP contribution in [0, 0.1) is 6.92 Å². The third-order valence-electron chi connectivity index (χ3n) is 6.14. The Balaban J connectivity index is 1.57. The Kier molecular flexibility index (Phi) is 6.07. The molecule has 0 aliphatic carbocycles. The third kappa shape index (κ3) is 4.61. The summed E-state index contributed by atoms with van der Waals surface area (Å²) in [5.74, 6) is 1.14. The molecular formula is C26H26N8O2. The number of nitrogens with zero attached hydrogens (tertiary/aromatic N) is 4. The molecule has 1 fully saturated rings. The zero-order valence-electron chi connectivity index (χ0n) is 19.8. The summed E-state index contributed by atoms with van der Waals surface area (Å²) >= 11 is 0. The molecule has 0 spiro atoms. The van der Waals surface area contributed by atoms with Crippen molar-refractivity contribution in [1.29, 1.82) is 0 Å². The molecule has 10 heteroatoms. The van der Waals surface area contributed by atoms with Gasteiger partial charge < -0.3 is 21.3 Å². The van der Waals surface area contributed by atoms with Crippen LogP contribution in [-0.2, 0) is 9.59 Å². The molecular weight excluding hydrogens is 456 g/mol. The van der Waals surface area contributed by atoms with E-state index in [-0.39, 0.29) is 17.9 Å². The molecule has 0 bridgehead atoms. The van der Waals surface area contributed by atoms with E-state index in [1.54, 1.807) is 12.1 Å². The summed E-state index contributed by atoms with van der Waals surface area (Å²) in [6.07, 6.45) is 2.86. The van der Waals surface area contributed by atoms with Crippen LogP contribution in [0.3, 0.4) is 0 Å². The van der Waals surface area contributed by atoms with Gasteiger partial charge >= 0.3 is 0 Å². The number of nitrogens with two attached hydrogens (primary N) is 1. The van der Waals surface area contributed by atoms with Crippen molar-refractivity contribution in [2.75, 3.05) is 22.1 Å². The SMILES string of the molecule is C=CC(=O)Nc1ccc(-c2nc(Nc3cc(C)[nH]n3)c3ccc(N4CCC[C@H]4C(N)=O)cc3n2)cc1. The molecule has 2 amide bonds. The van der Waals surface area contributed by atoms with Crippen molar-refractivity contribution in [2.45, 2.75) is 25.8 Å². The zero-order chi connectivity index (χ0) is 25.2. The zero-order valence-corrected chi connectivity index (χ0v) is 19.8. The average molecular weight is 483 g/mol. The summed E-state index contributed by atoms with van der Waals surface area (Å²) in [7, 11) is 0. The Morgan fingerprint density at radius 2 is 1.97 bits per heavy atom. The van der Waals surface area contributed by atoms with Gasteiger partial charge in [-0.15, -0.1) is 0 Å². The average Bonchev–Trinajstić information content (AvgIpc) is 3.53. The Hall–Kier alpha value is -4.73. The highest BCUT2D eigenvalue weighted by molar-refractivity contribution is 5.99. The molecule has 2 aromatic heterocycles. The van der Waals surface area contributed by atoms with Crippen LogP contribution >= 0.6 is 0 Å². The Morgan fingerprint density at radius 3 is 2.67 bits per heavy atom. The maximum absolute atomic E-state index is 12.0. The Bertz CT molecular complexity index is 1460. The van der Waals surface area contributed by atoms with Gasteiger partial charge in [0.2, 0.25) is 11.8 Å². The van der Waals surface area contributed by atoms with Crippen LogP contribution in [0.15, 0.2) is 61.2 Å². The number of carbonyl (C=O) groups excluding carboxylic acids is 2. The molecule has 3 heterocycles. The fourth-order valence-electron chi connectivity index (χ4n) is 4.39. The summed E-state index contributed by atoms with van der Waals surface area (Å²) in [5, 5.41) is 14.0. The van der Waals surface area contributed by atoms with Crippen molar-refractivity contribution in [1.82, 2.24) is 20.2 Å². The number of aryl methyl sites for hydroxylation is 1. The van der Waals surface area contributed by atoms with E-state index in [4.69, 9.17) is 15.7 Å². The van der Waals surface area contributed by atoms with Gasteiger partial charge in [-0.05, 0) is 68.3 Å². The molecule has 5 N–H and O–H groups in total. The lowest BCUT2D eigenvalue weighted by atomic mass is 10.1. The van der Waals surface area contributed by atoms with Gasteiger partial charge in [-0.1, -0.05) is 6.58 Å². The monoisotopic (exact) mass is 482 g/mol. The number of aromatic nitrogens is 4. The number of benzene rings is 2. The summed E-state index contributed by atoms with van der Waals surface area (Å²) in [4.78, 5) is 35.2. The third-order valence-corrected chi connectivity index (χ3v) is 6.14. The van der Waals surface area contributed by atoms with E-state index in [2.05, 4.69) is 27.4 Å². The van der Waals surface area contributed by atoms with E-state index in [1.807, 2.05) is 48.2 Å². The van der Waals surface area contributed by atoms with Gasteiger partial charge in [-0.3, -0.25) is 14.7 Å². The molecule has 2 aromatic carbocycles. The minimum atomic E-state index is -0.327. The first kappa shape index (κ1) is 23.0. The molecule has 1 atom stereocenters. The van der Waals surface area contributed by atoms with E-state index >= 15 is 0 Å². The molecule has 4 aromatic rings. The molecule has 5 rings (SSSR count). The number of hydrogen-bond donors (Lipinski definition) is 4. The number of carbonyl (C=O) groups is 2. The van der Waals surface area contributed by atoms with E-state index in [9.17, 15) is 9.59 Å².